The van der Waals surface area contributed by atoms with Crippen LogP contribution in [0.4, 0.5) is 0 Å². The van der Waals surface area contributed by atoms with Crippen LogP contribution in [0, 0.1) is 5.92 Å². The number of nitrogens with one attached hydrogen (secondary N) is 2. The maximum absolute atomic E-state index is 6.03. The standard InChI is InChI=1S/C17H26ClN3O2.HI/c1-19-17(20-9-4-11-22-13-14-7-8-14)21-10-12-23-16-6-3-2-5-15(16)18;/h2-3,5-6,14H,4,7-13H2,1H3,(H2,19,20,21);1H. The first-order valence-electron chi connectivity index (χ1n) is 8.19. The molecule has 136 valence electrons. The van der Waals surface area contributed by atoms with Gasteiger partial charge in [-0.05, 0) is 37.3 Å². The number of hydrogen-bond acceptors (Lipinski definition) is 3. The third-order valence-electron chi connectivity index (χ3n) is 3.52. The molecule has 7 heteroatoms. The third-order valence-corrected chi connectivity index (χ3v) is 3.83. The summed E-state index contributed by atoms with van der Waals surface area (Å²) in [5.41, 5.74) is 0. The number of halogens is 2. The number of nitrogens with zero attached hydrogens (tertiary/aromatic N) is 1. The molecule has 5 nitrogen and oxygen atoms in total. The maximum Gasteiger partial charge on any atom is 0.191 e. The minimum absolute atomic E-state index is 0. The van der Waals surface area contributed by atoms with Crippen LogP contribution in [0.2, 0.25) is 5.02 Å². The van der Waals surface area contributed by atoms with Gasteiger partial charge in [0.2, 0.25) is 0 Å². The Morgan fingerprint density at radius 2 is 1.96 bits per heavy atom. The predicted octanol–water partition coefficient (Wildman–Crippen LogP) is 3.32. The van der Waals surface area contributed by atoms with Crippen LogP contribution < -0.4 is 15.4 Å². The highest BCUT2D eigenvalue weighted by Crippen LogP contribution is 2.28. The first kappa shape index (κ1) is 21.3. The van der Waals surface area contributed by atoms with Gasteiger partial charge in [-0.1, -0.05) is 23.7 Å². The first-order valence-corrected chi connectivity index (χ1v) is 8.57. The van der Waals surface area contributed by atoms with Gasteiger partial charge >= 0.3 is 0 Å². The maximum atomic E-state index is 6.03. The molecule has 0 saturated heterocycles. The molecular formula is C17H27ClIN3O2. The molecule has 1 aromatic carbocycles. The number of guanidine groups is 1. The smallest absolute Gasteiger partial charge is 0.191 e. The van der Waals surface area contributed by atoms with Gasteiger partial charge in [0.15, 0.2) is 5.96 Å². The summed E-state index contributed by atoms with van der Waals surface area (Å²) in [5.74, 6) is 2.30. The summed E-state index contributed by atoms with van der Waals surface area (Å²) in [4.78, 5) is 4.18. The van der Waals surface area contributed by atoms with Crippen molar-refractivity contribution in [2.24, 2.45) is 10.9 Å². The second-order valence-electron chi connectivity index (χ2n) is 5.58. The molecule has 24 heavy (non-hydrogen) atoms. The summed E-state index contributed by atoms with van der Waals surface area (Å²) in [7, 11) is 1.76. The monoisotopic (exact) mass is 467 g/mol. The van der Waals surface area contributed by atoms with E-state index in [9.17, 15) is 0 Å². The molecule has 1 aliphatic carbocycles. The van der Waals surface area contributed by atoms with Gasteiger partial charge in [-0.3, -0.25) is 4.99 Å². The van der Waals surface area contributed by atoms with Crippen LogP contribution in [0.5, 0.6) is 5.75 Å². The van der Waals surface area contributed by atoms with Crippen molar-refractivity contribution in [3.8, 4) is 5.75 Å². The Kier molecular flexibility index (Phi) is 11.2. The quantitative estimate of drug-likeness (QED) is 0.240. The molecule has 1 saturated carbocycles. The Morgan fingerprint density at radius 3 is 2.67 bits per heavy atom. The van der Waals surface area contributed by atoms with Crippen molar-refractivity contribution in [2.75, 3.05) is 40.0 Å². The van der Waals surface area contributed by atoms with Gasteiger partial charge in [-0.25, -0.2) is 0 Å². The van der Waals surface area contributed by atoms with Crippen LogP contribution in [-0.4, -0.2) is 45.9 Å². The van der Waals surface area contributed by atoms with Gasteiger partial charge in [0.05, 0.1) is 11.6 Å². The average molecular weight is 468 g/mol. The van der Waals surface area contributed by atoms with E-state index in [1.165, 1.54) is 12.8 Å². The lowest BCUT2D eigenvalue weighted by Crippen LogP contribution is -2.39. The molecule has 0 unspecified atom stereocenters. The number of rotatable bonds is 10. The molecule has 0 aliphatic heterocycles. The van der Waals surface area contributed by atoms with Crippen molar-refractivity contribution >= 4 is 41.5 Å². The van der Waals surface area contributed by atoms with Gasteiger partial charge in [-0.15, -0.1) is 24.0 Å². The summed E-state index contributed by atoms with van der Waals surface area (Å²) in [6.45, 7) is 3.75. The highest BCUT2D eigenvalue weighted by Gasteiger charge is 2.20. The van der Waals surface area contributed by atoms with E-state index in [0.29, 0.717) is 23.9 Å². The predicted molar refractivity (Wildman–Crippen MR) is 110 cm³/mol. The Labute approximate surface area is 166 Å². The SMILES string of the molecule is CN=C(NCCCOCC1CC1)NCCOc1ccccc1Cl.I. The molecule has 1 fully saturated rings. The van der Waals surface area contributed by atoms with Crippen molar-refractivity contribution in [3.05, 3.63) is 29.3 Å². The zero-order valence-electron chi connectivity index (χ0n) is 14.1. The Morgan fingerprint density at radius 1 is 1.21 bits per heavy atom. The highest BCUT2D eigenvalue weighted by molar-refractivity contribution is 14.0. The fourth-order valence-electron chi connectivity index (χ4n) is 2.03. The van der Waals surface area contributed by atoms with Crippen molar-refractivity contribution in [3.63, 3.8) is 0 Å². The van der Waals surface area contributed by atoms with Crippen molar-refractivity contribution in [1.82, 2.24) is 10.6 Å². The molecule has 1 aliphatic rings. The van der Waals surface area contributed by atoms with Crippen LogP contribution in [0.1, 0.15) is 19.3 Å². The Balaban J connectivity index is 0.00000288. The molecular weight excluding hydrogens is 441 g/mol. The third kappa shape index (κ3) is 8.94. The minimum atomic E-state index is 0. The summed E-state index contributed by atoms with van der Waals surface area (Å²) >= 11 is 6.03. The Hall–Kier alpha value is -0.730. The first-order chi connectivity index (χ1) is 11.3. The molecule has 0 radical (unpaired) electrons. The molecule has 0 bridgehead atoms. The van der Waals surface area contributed by atoms with E-state index >= 15 is 0 Å². The largest absolute Gasteiger partial charge is 0.490 e. The zero-order chi connectivity index (χ0) is 16.3. The lowest BCUT2D eigenvalue weighted by molar-refractivity contribution is 0.123. The van der Waals surface area contributed by atoms with Gasteiger partial charge in [0, 0.05) is 26.8 Å². The molecule has 1 aromatic rings. The number of benzene rings is 1. The lowest BCUT2D eigenvalue weighted by Gasteiger charge is -2.13. The molecule has 2 rings (SSSR count). The van der Waals surface area contributed by atoms with Crippen LogP contribution >= 0.6 is 35.6 Å². The van der Waals surface area contributed by atoms with Gasteiger partial charge < -0.3 is 20.1 Å². The fourth-order valence-corrected chi connectivity index (χ4v) is 2.22. The number of hydrogen-bond donors (Lipinski definition) is 2. The number of aliphatic imine (C=N–C) groups is 1. The summed E-state index contributed by atoms with van der Waals surface area (Å²) in [6, 6.07) is 7.46. The van der Waals surface area contributed by atoms with E-state index in [-0.39, 0.29) is 24.0 Å². The van der Waals surface area contributed by atoms with Crippen molar-refractivity contribution in [1.29, 1.82) is 0 Å². The second kappa shape index (κ2) is 12.6. The topological polar surface area (TPSA) is 54.9 Å². The normalized spacial score (nSPS) is 14.0. The van der Waals surface area contributed by atoms with E-state index in [0.717, 1.165) is 38.1 Å². The van der Waals surface area contributed by atoms with Crippen LogP contribution in [0.25, 0.3) is 0 Å². The summed E-state index contributed by atoms with van der Waals surface area (Å²) in [6.07, 6.45) is 3.65. The minimum Gasteiger partial charge on any atom is -0.490 e. The van der Waals surface area contributed by atoms with E-state index in [2.05, 4.69) is 15.6 Å². The summed E-state index contributed by atoms with van der Waals surface area (Å²) < 4.78 is 11.2. The van der Waals surface area contributed by atoms with Crippen molar-refractivity contribution in [2.45, 2.75) is 19.3 Å². The van der Waals surface area contributed by atoms with E-state index < -0.39 is 0 Å². The van der Waals surface area contributed by atoms with E-state index in [1.54, 1.807) is 7.05 Å². The molecule has 0 amide bonds. The lowest BCUT2D eigenvalue weighted by atomic mass is 10.3. The zero-order valence-corrected chi connectivity index (χ0v) is 17.2. The number of ether oxygens (including phenoxy) is 2. The van der Waals surface area contributed by atoms with Gasteiger partial charge in [0.25, 0.3) is 0 Å². The molecule has 0 heterocycles. The van der Waals surface area contributed by atoms with Gasteiger partial charge in [-0.2, -0.15) is 0 Å². The average Bonchev–Trinajstić information content (AvgIpc) is 3.38. The van der Waals surface area contributed by atoms with Crippen LogP contribution in [0.3, 0.4) is 0 Å². The molecule has 2 N–H and O–H groups in total. The Bertz CT molecular complexity index is 498. The second-order valence-corrected chi connectivity index (χ2v) is 5.98. The van der Waals surface area contributed by atoms with Gasteiger partial charge in [0.1, 0.15) is 12.4 Å². The van der Waals surface area contributed by atoms with Crippen LogP contribution in [0.15, 0.2) is 29.3 Å². The van der Waals surface area contributed by atoms with Crippen LogP contribution in [-0.2, 0) is 4.74 Å². The molecule has 0 spiro atoms. The highest BCUT2D eigenvalue weighted by atomic mass is 127. The van der Waals surface area contributed by atoms with E-state index in [4.69, 9.17) is 21.1 Å². The van der Waals surface area contributed by atoms with Crippen molar-refractivity contribution < 1.29 is 9.47 Å². The number of para-hydroxylation sites is 1. The summed E-state index contributed by atoms with van der Waals surface area (Å²) in [5, 5.41) is 7.09. The fraction of sp³-hybridized carbons (Fsp3) is 0.588. The molecule has 0 atom stereocenters. The van der Waals surface area contributed by atoms with E-state index in [1.807, 2.05) is 24.3 Å². The molecule has 0 aromatic heterocycles.